The summed E-state index contributed by atoms with van der Waals surface area (Å²) >= 11 is 0. The van der Waals surface area contributed by atoms with Crippen LogP contribution in [0.25, 0.3) is 0 Å². The average molecular weight is 317 g/mol. The van der Waals surface area contributed by atoms with Gasteiger partial charge in [0.1, 0.15) is 0 Å². The lowest BCUT2D eigenvalue weighted by atomic mass is 9.83. The van der Waals surface area contributed by atoms with Gasteiger partial charge in [-0.3, -0.25) is 4.79 Å². The van der Waals surface area contributed by atoms with E-state index in [0.29, 0.717) is 18.2 Å². The largest absolute Gasteiger partial charge is 0.354 e. The molecule has 0 saturated carbocycles. The van der Waals surface area contributed by atoms with Gasteiger partial charge in [-0.15, -0.1) is 0 Å². The first kappa shape index (κ1) is 16.6. The molecule has 2 aliphatic rings. The number of aromatic nitrogens is 1. The van der Waals surface area contributed by atoms with Crippen LogP contribution in [-0.4, -0.2) is 53.0 Å². The molecule has 2 atom stereocenters. The number of carbonyl (C=O) groups is 1. The number of aryl methyl sites for hydroxylation is 1. The number of rotatable bonds is 6. The number of piperidine rings is 2. The summed E-state index contributed by atoms with van der Waals surface area (Å²) in [6, 6.07) is 4.80. The van der Waals surface area contributed by atoms with Crippen LogP contribution in [0.3, 0.4) is 0 Å². The molecule has 2 aliphatic heterocycles. The Kier molecular flexibility index (Phi) is 5.76. The predicted octanol–water partition coefficient (Wildman–Crippen LogP) is 2.99. The van der Waals surface area contributed by atoms with Crippen molar-refractivity contribution in [1.29, 1.82) is 0 Å². The molecule has 23 heavy (non-hydrogen) atoms. The van der Waals surface area contributed by atoms with Gasteiger partial charge < -0.3 is 14.4 Å². The van der Waals surface area contributed by atoms with Crippen molar-refractivity contribution in [3.8, 4) is 0 Å². The monoisotopic (exact) mass is 317 g/mol. The molecule has 0 bridgehead atoms. The van der Waals surface area contributed by atoms with E-state index in [1.807, 2.05) is 24.1 Å². The fourth-order valence-electron chi connectivity index (χ4n) is 4.37. The van der Waals surface area contributed by atoms with Gasteiger partial charge in [0.15, 0.2) is 0 Å². The lowest BCUT2D eigenvalue weighted by molar-refractivity contribution is -0.131. The first-order chi connectivity index (χ1) is 11.2. The zero-order valence-corrected chi connectivity index (χ0v) is 14.5. The summed E-state index contributed by atoms with van der Waals surface area (Å²) in [6.45, 7) is 4.43. The highest BCUT2D eigenvalue weighted by Crippen LogP contribution is 2.31. The second-order valence-electron chi connectivity index (χ2n) is 7.30. The van der Waals surface area contributed by atoms with Gasteiger partial charge in [0.25, 0.3) is 0 Å². The van der Waals surface area contributed by atoms with Gasteiger partial charge >= 0.3 is 0 Å². The molecule has 0 aromatic carbocycles. The molecule has 2 fully saturated rings. The Bertz CT molecular complexity index is 483. The van der Waals surface area contributed by atoms with Crippen molar-refractivity contribution in [3.63, 3.8) is 0 Å². The second kappa shape index (κ2) is 8.00. The topological polar surface area (TPSA) is 28.5 Å². The molecule has 0 spiro atoms. The SMILES string of the molecule is CN(C[C@@H]1CCCN2CCCC[C@H]12)C(=O)CCCn1cccc1. The Labute approximate surface area is 140 Å². The van der Waals surface area contributed by atoms with Gasteiger partial charge in [0, 0.05) is 45.0 Å². The summed E-state index contributed by atoms with van der Waals surface area (Å²) < 4.78 is 2.15. The minimum absolute atomic E-state index is 0.310. The molecule has 1 amide bonds. The lowest BCUT2D eigenvalue weighted by Gasteiger charge is -2.45. The Balaban J connectivity index is 1.43. The van der Waals surface area contributed by atoms with E-state index in [1.165, 1.54) is 45.2 Å². The van der Waals surface area contributed by atoms with E-state index < -0.39 is 0 Å². The third kappa shape index (κ3) is 4.37. The first-order valence-corrected chi connectivity index (χ1v) is 9.33. The van der Waals surface area contributed by atoms with E-state index in [9.17, 15) is 4.79 Å². The maximum absolute atomic E-state index is 12.4. The summed E-state index contributed by atoms with van der Waals surface area (Å²) in [5.41, 5.74) is 0. The Morgan fingerprint density at radius 2 is 1.91 bits per heavy atom. The van der Waals surface area contributed by atoms with Gasteiger partial charge in [-0.25, -0.2) is 0 Å². The normalized spacial score (nSPS) is 25.1. The van der Waals surface area contributed by atoms with Crippen LogP contribution >= 0.6 is 0 Å². The molecule has 2 saturated heterocycles. The third-order valence-electron chi connectivity index (χ3n) is 5.64. The van der Waals surface area contributed by atoms with Gasteiger partial charge in [-0.1, -0.05) is 6.42 Å². The third-order valence-corrected chi connectivity index (χ3v) is 5.64. The van der Waals surface area contributed by atoms with Crippen LogP contribution in [0.4, 0.5) is 0 Å². The van der Waals surface area contributed by atoms with Crippen LogP contribution in [0.5, 0.6) is 0 Å². The summed E-state index contributed by atoms with van der Waals surface area (Å²) in [4.78, 5) is 17.1. The van der Waals surface area contributed by atoms with E-state index in [1.54, 1.807) is 0 Å². The zero-order valence-electron chi connectivity index (χ0n) is 14.5. The average Bonchev–Trinajstić information content (AvgIpc) is 3.08. The molecule has 3 rings (SSSR count). The Hall–Kier alpha value is -1.29. The maximum Gasteiger partial charge on any atom is 0.222 e. The molecule has 4 nitrogen and oxygen atoms in total. The van der Waals surface area contributed by atoms with Gasteiger partial charge in [-0.2, -0.15) is 0 Å². The van der Waals surface area contributed by atoms with Crippen LogP contribution < -0.4 is 0 Å². The van der Waals surface area contributed by atoms with Gasteiger partial charge in [-0.05, 0) is 63.2 Å². The van der Waals surface area contributed by atoms with Crippen molar-refractivity contribution in [2.45, 2.75) is 57.5 Å². The van der Waals surface area contributed by atoms with Gasteiger partial charge in [0.05, 0.1) is 0 Å². The summed E-state index contributed by atoms with van der Waals surface area (Å²) in [6.07, 6.45) is 12.4. The van der Waals surface area contributed by atoms with Crippen molar-refractivity contribution in [2.24, 2.45) is 5.92 Å². The Morgan fingerprint density at radius 1 is 1.13 bits per heavy atom. The summed E-state index contributed by atoms with van der Waals surface area (Å²) in [7, 11) is 2.00. The van der Waals surface area contributed by atoms with Crippen LogP contribution in [0.2, 0.25) is 0 Å². The molecule has 128 valence electrons. The highest BCUT2D eigenvalue weighted by Gasteiger charge is 2.33. The standard InChI is InChI=1S/C19H31N3O/c1-20(19(23)10-7-13-21-11-4-5-12-21)16-17-8-6-15-22-14-3-2-9-18(17)22/h4-5,11-12,17-18H,2-3,6-10,13-16H2,1H3/t17-,18+/m0/s1. The maximum atomic E-state index is 12.4. The number of fused-ring (bicyclic) bond motifs is 1. The van der Waals surface area contributed by atoms with Crippen LogP contribution in [0, 0.1) is 5.92 Å². The Morgan fingerprint density at radius 3 is 2.74 bits per heavy atom. The van der Waals surface area contributed by atoms with Crippen molar-refractivity contribution >= 4 is 5.91 Å². The summed E-state index contributed by atoms with van der Waals surface area (Å²) in [5, 5.41) is 0. The number of carbonyl (C=O) groups excluding carboxylic acids is 1. The van der Waals surface area contributed by atoms with Crippen molar-refractivity contribution in [3.05, 3.63) is 24.5 Å². The highest BCUT2D eigenvalue weighted by atomic mass is 16.2. The lowest BCUT2D eigenvalue weighted by Crippen LogP contribution is -2.51. The van der Waals surface area contributed by atoms with E-state index >= 15 is 0 Å². The number of hydrogen-bond donors (Lipinski definition) is 0. The fraction of sp³-hybridized carbons (Fsp3) is 0.737. The molecular weight excluding hydrogens is 286 g/mol. The summed E-state index contributed by atoms with van der Waals surface area (Å²) in [5.74, 6) is 0.993. The molecule has 1 aromatic heterocycles. The van der Waals surface area contributed by atoms with E-state index in [0.717, 1.165) is 25.6 Å². The molecule has 1 aromatic rings. The highest BCUT2D eigenvalue weighted by molar-refractivity contribution is 5.75. The van der Waals surface area contributed by atoms with E-state index in [2.05, 4.69) is 21.9 Å². The van der Waals surface area contributed by atoms with Crippen molar-refractivity contribution in [2.75, 3.05) is 26.7 Å². The van der Waals surface area contributed by atoms with Crippen LogP contribution in [-0.2, 0) is 11.3 Å². The molecule has 0 unspecified atom stereocenters. The minimum atomic E-state index is 0.310. The van der Waals surface area contributed by atoms with Gasteiger partial charge in [0.2, 0.25) is 5.91 Å². The second-order valence-corrected chi connectivity index (χ2v) is 7.30. The molecule has 3 heterocycles. The molecule has 0 radical (unpaired) electrons. The van der Waals surface area contributed by atoms with Crippen molar-refractivity contribution < 1.29 is 4.79 Å². The smallest absolute Gasteiger partial charge is 0.222 e. The van der Waals surface area contributed by atoms with E-state index in [4.69, 9.17) is 0 Å². The fourth-order valence-corrected chi connectivity index (χ4v) is 4.37. The van der Waals surface area contributed by atoms with E-state index in [-0.39, 0.29) is 0 Å². The molecule has 0 N–H and O–H groups in total. The quantitative estimate of drug-likeness (QED) is 0.807. The number of nitrogens with zero attached hydrogens (tertiary/aromatic N) is 3. The molecule has 4 heteroatoms. The predicted molar refractivity (Wildman–Crippen MR) is 93.2 cm³/mol. The number of amides is 1. The van der Waals surface area contributed by atoms with Crippen molar-refractivity contribution in [1.82, 2.24) is 14.4 Å². The van der Waals surface area contributed by atoms with Crippen LogP contribution in [0.1, 0.15) is 44.9 Å². The van der Waals surface area contributed by atoms with Crippen LogP contribution in [0.15, 0.2) is 24.5 Å². The molecular formula is C19H31N3O. The number of hydrogen-bond acceptors (Lipinski definition) is 2. The zero-order chi connectivity index (χ0) is 16.1. The minimum Gasteiger partial charge on any atom is -0.354 e. The first-order valence-electron chi connectivity index (χ1n) is 9.33. The molecule has 0 aliphatic carbocycles.